The van der Waals surface area contributed by atoms with E-state index in [4.69, 9.17) is 58.0 Å². The molecule has 2 atom stereocenters. The van der Waals surface area contributed by atoms with Crippen LogP contribution in [0.2, 0.25) is 15.1 Å². The van der Waals surface area contributed by atoms with Crippen LogP contribution in [0.5, 0.6) is 0 Å². The molecule has 2 aromatic carbocycles. The van der Waals surface area contributed by atoms with Gasteiger partial charge in [0.25, 0.3) is 11.9 Å². The molecule has 1 aliphatic rings. The van der Waals surface area contributed by atoms with Gasteiger partial charge in [0.1, 0.15) is 10.6 Å². The summed E-state index contributed by atoms with van der Waals surface area (Å²) >= 11 is 31.4. The minimum absolute atomic E-state index is 0.000551. The Bertz CT molecular complexity index is 1170. The Kier molecular flexibility index (Phi) is 6.26. The second kappa shape index (κ2) is 8.68. The molecule has 2 unspecified atom stereocenters. The quantitative estimate of drug-likeness (QED) is 0.291. The van der Waals surface area contributed by atoms with Crippen LogP contribution in [0.25, 0.3) is 0 Å². The number of carbonyl (C=O) groups excluding carboxylic acids is 2. The Labute approximate surface area is 206 Å². The number of hydrogen-bond donors (Lipinski definition) is 3. The van der Waals surface area contributed by atoms with E-state index in [1.54, 1.807) is 30.3 Å². The van der Waals surface area contributed by atoms with Gasteiger partial charge in [-0.15, -0.1) is 5.10 Å². The molecule has 1 aliphatic carbocycles. The number of aromatic nitrogens is 4. The SMILES string of the molecule is O=CC1(CNc2ccc(Cl)c(C(=O)Nc3nn[nH]n3)c2)C(c2cc(Cl)cc(Cl)c2)C1(Cl)Cl. The van der Waals surface area contributed by atoms with Gasteiger partial charge in [0, 0.05) is 28.2 Å². The molecule has 0 bridgehead atoms. The van der Waals surface area contributed by atoms with Crippen LogP contribution in [-0.4, -0.2) is 43.7 Å². The van der Waals surface area contributed by atoms with Crippen molar-refractivity contribution in [1.82, 2.24) is 20.6 Å². The summed E-state index contributed by atoms with van der Waals surface area (Å²) in [5, 5.41) is 19.5. The Hall–Kier alpha value is -2.10. The molecule has 3 N–H and O–H groups in total. The van der Waals surface area contributed by atoms with Gasteiger partial charge >= 0.3 is 0 Å². The van der Waals surface area contributed by atoms with E-state index in [0.717, 1.165) is 6.29 Å². The number of benzene rings is 2. The van der Waals surface area contributed by atoms with Gasteiger partial charge in [-0.3, -0.25) is 10.1 Å². The van der Waals surface area contributed by atoms with Crippen molar-refractivity contribution in [3.8, 4) is 0 Å². The monoisotopic (exact) mass is 532 g/mol. The normalized spacial score (nSPS) is 21.1. The number of H-pyrrole nitrogens is 1. The van der Waals surface area contributed by atoms with Crippen molar-refractivity contribution in [2.75, 3.05) is 17.2 Å². The standard InChI is InChI=1S/C19H13Cl5N6O2/c20-10-3-9(4-11(21)5-10)15-18(8-31,19(15,23)24)7-25-12-1-2-14(22)13(6-12)16(32)26-17-27-29-30-28-17/h1-6,8,15,25H,7H2,(H2,26,27,28,29,30,32). The number of hydrogen-bond acceptors (Lipinski definition) is 6. The zero-order chi connectivity index (χ0) is 23.1. The number of carbonyl (C=O) groups is 2. The molecule has 1 heterocycles. The Morgan fingerprint density at radius 2 is 1.84 bits per heavy atom. The highest BCUT2D eigenvalue weighted by molar-refractivity contribution is 6.54. The predicted octanol–water partition coefficient (Wildman–Crippen LogP) is 4.98. The van der Waals surface area contributed by atoms with Crippen molar-refractivity contribution < 1.29 is 9.59 Å². The fraction of sp³-hybridized carbons (Fsp3) is 0.211. The molecular weight excluding hydrogens is 522 g/mol. The maximum atomic E-state index is 12.5. The average Bonchev–Trinajstić information content (AvgIpc) is 3.02. The lowest BCUT2D eigenvalue weighted by atomic mass is 10.00. The second-order valence-electron chi connectivity index (χ2n) is 7.15. The summed E-state index contributed by atoms with van der Waals surface area (Å²) in [6.07, 6.45) is 0.721. The number of nitrogens with zero attached hydrogens (tertiary/aromatic N) is 3. The van der Waals surface area contributed by atoms with E-state index in [1.807, 2.05) is 0 Å². The lowest BCUT2D eigenvalue weighted by Crippen LogP contribution is -2.23. The number of amides is 1. The van der Waals surface area contributed by atoms with Crippen molar-refractivity contribution in [2.24, 2.45) is 5.41 Å². The summed E-state index contributed by atoms with van der Waals surface area (Å²) < 4.78 is -1.37. The fourth-order valence-electron chi connectivity index (χ4n) is 3.57. The minimum Gasteiger partial charge on any atom is -0.384 e. The molecule has 32 heavy (non-hydrogen) atoms. The number of nitrogens with one attached hydrogen (secondary N) is 3. The van der Waals surface area contributed by atoms with Crippen LogP contribution in [-0.2, 0) is 4.79 Å². The van der Waals surface area contributed by atoms with E-state index < -0.39 is 21.6 Å². The molecule has 0 spiro atoms. The van der Waals surface area contributed by atoms with Crippen molar-refractivity contribution in [2.45, 2.75) is 10.3 Å². The highest BCUT2D eigenvalue weighted by Gasteiger charge is 2.76. The van der Waals surface area contributed by atoms with E-state index in [1.165, 1.54) is 6.07 Å². The van der Waals surface area contributed by atoms with Crippen LogP contribution >= 0.6 is 58.0 Å². The number of alkyl halides is 2. The Balaban J connectivity index is 1.54. The van der Waals surface area contributed by atoms with Crippen molar-refractivity contribution in [1.29, 1.82) is 0 Å². The van der Waals surface area contributed by atoms with E-state index >= 15 is 0 Å². The third-order valence-electron chi connectivity index (χ3n) is 5.21. The van der Waals surface area contributed by atoms with Gasteiger partial charge in [0.05, 0.1) is 16.0 Å². The van der Waals surface area contributed by atoms with Gasteiger partial charge in [0.15, 0.2) is 0 Å². The first-order chi connectivity index (χ1) is 15.2. The molecule has 1 amide bonds. The smallest absolute Gasteiger partial charge is 0.270 e. The fourth-order valence-corrected chi connectivity index (χ4v) is 5.29. The molecule has 4 rings (SSSR count). The van der Waals surface area contributed by atoms with Crippen molar-refractivity contribution >= 4 is 81.8 Å². The minimum atomic E-state index is -1.37. The zero-order valence-corrected chi connectivity index (χ0v) is 19.7. The van der Waals surface area contributed by atoms with Crippen LogP contribution in [0.4, 0.5) is 11.6 Å². The van der Waals surface area contributed by atoms with Crippen molar-refractivity contribution in [3.05, 3.63) is 62.6 Å². The van der Waals surface area contributed by atoms with Gasteiger partial charge in [-0.1, -0.05) is 63.1 Å². The van der Waals surface area contributed by atoms with Crippen LogP contribution in [0.3, 0.4) is 0 Å². The maximum absolute atomic E-state index is 12.5. The molecule has 1 saturated carbocycles. The summed E-state index contributed by atoms with van der Waals surface area (Å²) in [5.74, 6) is -1.07. The van der Waals surface area contributed by atoms with Gasteiger partial charge < -0.3 is 10.1 Å². The first kappa shape index (κ1) is 23.1. The van der Waals surface area contributed by atoms with E-state index in [0.29, 0.717) is 21.3 Å². The number of aldehydes is 1. The highest BCUT2D eigenvalue weighted by atomic mass is 35.5. The Morgan fingerprint density at radius 1 is 1.12 bits per heavy atom. The zero-order valence-electron chi connectivity index (χ0n) is 15.9. The molecule has 8 nitrogen and oxygen atoms in total. The van der Waals surface area contributed by atoms with Crippen molar-refractivity contribution in [3.63, 3.8) is 0 Å². The summed E-state index contributed by atoms with van der Waals surface area (Å²) in [4.78, 5) is 24.6. The van der Waals surface area contributed by atoms with Gasteiger partial charge in [0.2, 0.25) is 0 Å². The van der Waals surface area contributed by atoms with Gasteiger partial charge in [-0.25, -0.2) is 0 Å². The van der Waals surface area contributed by atoms with Gasteiger partial charge in [-0.05, 0) is 47.2 Å². The largest absolute Gasteiger partial charge is 0.384 e. The Morgan fingerprint density at radius 3 is 2.47 bits per heavy atom. The number of tetrazole rings is 1. The first-order valence-corrected chi connectivity index (χ1v) is 11.0. The summed E-state index contributed by atoms with van der Waals surface area (Å²) in [6, 6.07) is 9.64. The molecule has 166 valence electrons. The number of rotatable bonds is 7. The highest BCUT2D eigenvalue weighted by Crippen LogP contribution is 2.73. The third-order valence-corrected chi connectivity index (χ3v) is 7.12. The molecule has 13 heteroatoms. The molecule has 0 saturated heterocycles. The molecular formula is C19H13Cl5N6O2. The topological polar surface area (TPSA) is 113 Å². The summed E-state index contributed by atoms with van der Waals surface area (Å²) in [7, 11) is 0. The van der Waals surface area contributed by atoms with Crippen LogP contribution in [0, 0.1) is 5.41 Å². The maximum Gasteiger partial charge on any atom is 0.270 e. The molecule has 1 fully saturated rings. The number of anilines is 2. The molecule has 0 aliphatic heterocycles. The average molecular weight is 535 g/mol. The van der Waals surface area contributed by atoms with E-state index in [9.17, 15) is 9.59 Å². The van der Waals surface area contributed by atoms with Crippen LogP contribution in [0.15, 0.2) is 36.4 Å². The van der Waals surface area contributed by atoms with E-state index in [2.05, 4.69) is 31.3 Å². The van der Waals surface area contributed by atoms with Crippen LogP contribution in [0.1, 0.15) is 21.8 Å². The van der Waals surface area contributed by atoms with Crippen LogP contribution < -0.4 is 10.6 Å². The number of halogens is 5. The molecule has 0 radical (unpaired) electrons. The van der Waals surface area contributed by atoms with Gasteiger partial charge in [-0.2, -0.15) is 5.21 Å². The lowest BCUT2D eigenvalue weighted by molar-refractivity contribution is -0.112. The predicted molar refractivity (Wildman–Crippen MR) is 124 cm³/mol. The number of aromatic amines is 1. The summed E-state index contributed by atoms with van der Waals surface area (Å²) in [5.41, 5.74) is 0.195. The third kappa shape index (κ3) is 4.13. The second-order valence-corrected chi connectivity index (χ2v) is 9.82. The summed E-state index contributed by atoms with van der Waals surface area (Å²) in [6.45, 7) is 0.0891. The molecule has 3 aromatic rings. The first-order valence-electron chi connectivity index (χ1n) is 9.06. The van der Waals surface area contributed by atoms with E-state index in [-0.39, 0.29) is 23.1 Å². The molecule has 1 aromatic heterocycles. The lowest BCUT2D eigenvalue weighted by Gasteiger charge is -2.15.